The van der Waals surface area contributed by atoms with Gasteiger partial charge in [-0.3, -0.25) is 9.69 Å². The normalized spacial score (nSPS) is 33.2. The topological polar surface area (TPSA) is 91.7 Å². The van der Waals surface area contributed by atoms with Gasteiger partial charge in [-0.1, -0.05) is 19.9 Å². The van der Waals surface area contributed by atoms with E-state index >= 15 is 0 Å². The second-order valence-electron chi connectivity index (χ2n) is 9.13. The Labute approximate surface area is 172 Å². The summed E-state index contributed by atoms with van der Waals surface area (Å²) in [5.41, 5.74) is 7.59. The van der Waals surface area contributed by atoms with Crippen LogP contribution in [0, 0.1) is 28.6 Å². The van der Waals surface area contributed by atoms with E-state index in [4.69, 9.17) is 15.5 Å². The molecule has 6 nitrogen and oxygen atoms in total. The molecule has 1 unspecified atom stereocenters. The summed E-state index contributed by atoms with van der Waals surface area (Å²) in [6.07, 6.45) is 3.86. The first kappa shape index (κ1) is 19.9. The number of fused-ring (bicyclic) bond motifs is 3. The van der Waals surface area contributed by atoms with E-state index in [1.807, 2.05) is 25.1 Å². The van der Waals surface area contributed by atoms with Gasteiger partial charge < -0.3 is 10.5 Å². The maximum absolute atomic E-state index is 14.0. The second kappa shape index (κ2) is 7.14. The first-order valence-electron chi connectivity index (χ1n) is 10.7. The van der Waals surface area contributed by atoms with Crippen LogP contribution in [0.5, 0.6) is 0 Å². The van der Waals surface area contributed by atoms with Crippen molar-refractivity contribution in [2.75, 3.05) is 19.8 Å². The molecule has 1 heterocycles. The minimum atomic E-state index is -1.02. The summed E-state index contributed by atoms with van der Waals surface area (Å²) in [4.78, 5) is 20.5. The van der Waals surface area contributed by atoms with Gasteiger partial charge in [-0.05, 0) is 67.7 Å². The Balaban J connectivity index is 1.85. The van der Waals surface area contributed by atoms with Crippen molar-refractivity contribution in [3.63, 3.8) is 0 Å². The molecule has 1 aliphatic heterocycles. The molecule has 154 valence electrons. The summed E-state index contributed by atoms with van der Waals surface area (Å²) in [6.45, 7) is 7.90. The van der Waals surface area contributed by atoms with E-state index in [1.54, 1.807) is 4.90 Å². The molecule has 1 amide bonds. The number of nitriles is 1. The summed E-state index contributed by atoms with van der Waals surface area (Å²) >= 11 is 0. The van der Waals surface area contributed by atoms with E-state index in [0.29, 0.717) is 37.2 Å². The van der Waals surface area contributed by atoms with E-state index in [1.165, 1.54) is 6.42 Å². The molecule has 0 saturated heterocycles. The number of nitrogens with two attached hydrogens (primary N) is 1. The average Bonchev–Trinajstić information content (AvgIpc) is 3.07. The van der Waals surface area contributed by atoms with Gasteiger partial charge in [0.1, 0.15) is 0 Å². The smallest absolute Gasteiger partial charge is 0.262 e. The third kappa shape index (κ3) is 2.86. The minimum absolute atomic E-state index is 0.0511. The van der Waals surface area contributed by atoms with Gasteiger partial charge in [0.25, 0.3) is 5.91 Å². The molecule has 2 N–H and O–H groups in total. The standard InChI is InChI=1S/C23H30N4O2/c1-4-29-8-7-27-20(28)23(26-21(27)25)19-10-17(14-24)5-6-18(19)13-22(23)11-15(2)9-16(3)12-22/h5-6,10,15-16H,4,7-9,11-13H2,1-3H3,(H2,25,26)/t15-,16+,22?,23-/m1/s1. The molecule has 4 atom stereocenters. The fraction of sp³-hybridized carbons (Fsp3) is 0.609. The summed E-state index contributed by atoms with van der Waals surface area (Å²) < 4.78 is 5.47. The fourth-order valence-electron chi connectivity index (χ4n) is 6.24. The zero-order valence-electron chi connectivity index (χ0n) is 17.6. The van der Waals surface area contributed by atoms with Crippen LogP contribution in [0.25, 0.3) is 0 Å². The van der Waals surface area contributed by atoms with E-state index in [-0.39, 0.29) is 17.3 Å². The van der Waals surface area contributed by atoms with Crippen molar-refractivity contribution in [1.82, 2.24) is 4.90 Å². The van der Waals surface area contributed by atoms with Gasteiger partial charge in [-0.2, -0.15) is 5.26 Å². The number of rotatable bonds is 4. The summed E-state index contributed by atoms with van der Waals surface area (Å²) in [6, 6.07) is 7.95. The third-order valence-electron chi connectivity index (χ3n) is 6.99. The third-order valence-corrected chi connectivity index (χ3v) is 6.99. The number of hydrogen-bond acceptors (Lipinski definition) is 5. The summed E-state index contributed by atoms with van der Waals surface area (Å²) in [7, 11) is 0. The maximum atomic E-state index is 14.0. The Kier molecular flexibility index (Phi) is 4.90. The van der Waals surface area contributed by atoms with Gasteiger partial charge in [-0.15, -0.1) is 0 Å². The molecule has 6 heteroatoms. The number of nitrogens with zero attached hydrogens (tertiary/aromatic N) is 3. The largest absolute Gasteiger partial charge is 0.380 e. The molecular weight excluding hydrogens is 364 g/mol. The molecule has 1 aromatic carbocycles. The van der Waals surface area contributed by atoms with Crippen molar-refractivity contribution in [3.8, 4) is 6.07 Å². The summed E-state index contributed by atoms with van der Waals surface area (Å²) in [5, 5.41) is 9.48. The molecule has 2 aliphatic carbocycles. The van der Waals surface area contributed by atoms with Crippen LogP contribution in [-0.4, -0.2) is 36.5 Å². The highest BCUT2D eigenvalue weighted by Crippen LogP contribution is 2.63. The molecule has 29 heavy (non-hydrogen) atoms. The van der Waals surface area contributed by atoms with Crippen LogP contribution >= 0.6 is 0 Å². The highest BCUT2D eigenvalue weighted by Gasteiger charge is 2.67. The number of carbonyl (C=O) groups is 1. The monoisotopic (exact) mass is 394 g/mol. The maximum Gasteiger partial charge on any atom is 0.262 e. The highest BCUT2D eigenvalue weighted by molar-refractivity contribution is 6.08. The number of hydrogen-bond donors (Lipinski definition) is 1. The van der Waals surface area contributed by atoms with Crippen LogP contribution in [0.15, 0.2) is 23.2 Å². The van der Waals surface area contributed by atoms with E-state index < -0.39 is 5.54 Å². The molecule has 1 fully saturated rings. The molecular formula is C23H30N4O2. The highest BCUT2D eigenvalue weighted by atomic mass is 16.5. The fourth-order valence-corrected chi connectivity index (χ4v) is 6.24. The Morgan fingerprint density at radius 1 is 1.34 bits per heavy atom. The lowest BCUT2D eigenvalue weighted by atomic mass is 9.57. The Hall–Kier alpha value is -2.39. The quantitative estimate of drug-likeness (QED) is 0.795. The van der Waals surface area contributed by atoms with Crippen molar-refractivity contribution in [1.29, 1.82) is 5.26 Å². The molecule has 0 bridgehead atoms. The minimum Gasteiger partial charge on any atom is -0.380 e. The van der Waals surface area contributed by atoms with Crippen molar-refractivity contribution >= 4 is 11.9 Å². The Bertz CT molecular complexity index is 893. The lowest BCUT2D eigenvalue weighted by Gasteiger charge is -2.47. The molecule has 1 aromatic rings. The molecule has 0 radical (unpaired) electrons. The first-order chi connectivity index (χ1) is 13.9. The SMILES string of the molecule is CCOCCN1C(=O)[C@]2(N=C1N)c1cc(C#N)ccc1CC21C[C@H](C)C[C@H](C)C1. The van der Waals surface area contributed by atoms with Crippen LogP contribution in [0.1, 0.15) is 56.7 Å². The number of guanidine groups is 1. The number of ether oxygens (including phenoxy) is 1. The van der Waals surface area contributed by atoms with Crippen LogP contribution in [0.2, 0.25) is 0 Å². The van der Waals surface area contributed by atoms with Gasteiger partial charge in [0.15, 0.2) is 11.5 Å². The Morgan fingerprint density at radius 3 is 2.72 bits per heavy atom. The van der Waals surface area contributed by atoms with Crippen LogP contribution in [-0.2, 0) is 21.5 Å². The van der Waals surface area contributed by atoms with Crippen molar-refractivity contribution in [2.45, 2.75) is 52.0 Å². The van der Waals surface area contributed by atoms with Crippen molar-refractivity contribution < 1.29 is 9.53 Å². The zero-order chi connectivity index (χ0) is 20.8. The number of amides is 1. The van der Waals surface area contributed by atoms with Crippen molar-refractivity contribution in [3.05, 3.63) is 34.9 Å². The van der Waals surface area contributed by atoms with Gasteiger partial charge in [0.05, 0.1) is 24.8 Å². The predicted molar refractivity (Wildman–Crippen MR) is 111 cm³/mol. The molecule has 2 spiro atoms. The Morgan fingerprint density at radius 2 is 2.07 bits per heavy atom. The van der Waals surface area contributed by atoms with Crippen molar-refractivity contribution in [2.24, 2.45) is 28.0 Å². The van der Waals surface area contributed by atoms with E-state index in [2.05, 4.69) is 19.9 Å². The van der Waals surface area contributed by atoms with Crippen LogP contribution in [0.4, 0.5) is 0 Å². The molecule has 4 rings (SSSR count). The zero-order valence-corrected chi connectivity index (χ0v) is 17.6. The van der Waals surface area contributed by atoms with Gasteiger partial charge >= 0.3 is 0 Å². The van der Waals surface area contributed by atoms with Gasteiger partial charge in [-0.25, -0.2) is 4.99 Å². The second-order valence-corrected chi connectivity index (χ2v) is 9.13. The number of benzene rings is 1. The number of aliphatic imine (C=N–C) groups is 1. The van der Waals surface area contributed by atoms with Crippen LogP contribution in [0.3, 0.4) is 0 Å². The van der Waals surface area contributed by atoms with Crippen LogP contribution < -0.4 is 5.73 Å². The lowest BCUT2D eigenvalue weighted by molar-refractivity contribution is -0.138. The first-order valence-corrected chi connectivity index (χ1v) is 10.7. The van der Waals surface area contributed by atoms with Gasteiger partial charge in [0.2, 0.25) is 0 Å². The lowest BCUT2D eigenvalue weighted by Crippen LogP contribution is -2.53. The summed E-state index contributed by atoms with van der Waals surface area (Å²) in [5.74, 6) is 1.25. The predicted octanol–water partition coefficient (Wildman–Crippen LogP) is 2.95. The average molecular weight is 395 g/mol. The molecule has 1 saturated carbocycles. The number of carbonyl (C=O) groups excluding carboxylic acids is 1. The van der Waals surface area contributed by atoms with Gasteiger partial charge in [0, 0.05) is 12.0 Å². The molecule has 0 aromatic heterocycles. The van der Waals surface area contributed by atoms with E-state index in [9.17, 15) is 10.1 Å². The molecule has 3 aliphatic rings. The van der Waals surface area contributed by atoms with E-state index in [0.717, 1.165) is 30.4 Å².